The molecule has 0 unspecified atom stereocenters. The Balaban J connectivity index is 1.55. The van der Waals surface area contributed by atoms with Gasteiger partial charge in [0.25, 0.3) is 0 Å². The quantitative estimate of drug-likeness (QED) is 0.458. The Morgan fingerprint density at radius 1 is 1.09 bits per heavy atom. The number of hydrogen-bond donors (Lipinski definition) is 1. The van der Waals surface area contributed by atoms with E-state index in [1.54, 1.807) is 17.0 Å². The second kappa shape index (κ2) is 10.8. The van der Waals surface area contributed by atoms with Crippen molar-refractivity contribution in [3.8, 4) is 5.75 Å². The third kappa shape index (κ3) is 5.95. The van der Waals surface area contributed by atoms with Crippen molar-refractivity contribution in [2.45, 2.75) is 33.9 Å². The summed E-state index contributed by atoms with van der Waals surface area (Å²) >= 11 is 6.21. The number of nitrogens with one attached hydrogen (secondary N) is 1. The SMILES string of the molecule is Cc1ccc(N(Cc2ccc3c(c2)CN(C(=O)Nc2ccccc2Cl)CCO3)C(=O)C(C)C)cc1. The number of carbonyl (C=O) groups is 2. The van der Waals surface area contributed by atoms with Crippen LogP contribution >= 0.6 is 11.6 Å². The Morgan fingerprint density at radius 3 is 2.54 bits per heavy atom. The summed E-state index contributed by atoms with van der Waals surface area (Å²) in [4.78, 5) is 29.5. The highest BCUT2D eigenvalue weighted by Crippen LogP contribution is 2.28. The van der Waals surface area contributed by atoms with Crippen molar-refractivity contribution in [1.29, 1.82) is 0 Å². The van der Waals surface area contributed by atoms with Gasteiger partial charge in [-0.2, -0.15) is 0 Å². The van der Waals surface area contributed by atoms with Crippen molar-refractivity contribution in [1.82, 2.24) is 4.90 Å². The van der Waals surface area contributed by atoms with E-state index in [1.165, 1.54) is 0 Å². The van der Waals surface area contributed by atoms with E-state index in [0.717, 1.165) is 28.1 Å². The van der Waals surface area contributed by atoms with Crippen LogP contribution in [0.4, 0.5) is 16.2 Å². The zero-order chi connectivity index (χ0) is 24.9. The summed E-state index contributed by atoms with van der Waals surface area (Å²) in [6.45, 7) is 7.50. The van der Waals surface area contributed by atoms with Crippen molar-refractivity contribution >= 4 is 34.9 Å². The molecule has 35 heavy (non-hydrogen) atoms. The zero-order valence-electron chi connectivity index (χ0n) is 20.3. The first-order chi connectivity index (χ1) is 16.8. The van der Waals surface area contributed by atoms with E-state index >= 15 is 0 Å². The molecule has 4 rings (SSSR count). The molecular weight excluding hydrogens is 462 g/mol. The number of ether oxygens (including phenoxy) is 1. The molecule has 1 N–H and O–H groups in total. The first-order valence-electron chi connectivity index (χ1n) is 11.7. The van der Waals surface area contributed by atoms with E-state index in [-0.39, 0.29) is 17.9 Å². The first-order valence-corrected chi connectivity index (χ1v) is 12.1. The smallest absolute Gasteiger partial charge is 0.322 e. The maximum Gasteiger partial charge on any atom is 0.322 e. The molecule has 0 atom stereocenters. The summed E-state index contributed by atoms with van der Waals surface area (Å²) in [5.74, 6) is 0.670. The molecule has 0 aliphatic carbocycles. The molecule has 3 amide bonds. The normalized spacial score (nSPS) is 13.0. The highest BCUT2D eigenvalue weighted by molar-refractivity contribution is 6.33. The van der Waals surface area contributed by atoms with Crippen LogP contribution in [-0.2, 0) is 17.9 Å². The zero-order valence-corrected chi connectivity index (χ0v) is 21.0. The predicted molar refractivity (Wildman–Crippen MR) is 140 cm³/mol. The molecule has 0 fully saturated rings. The Labute approximate surface area is 211 Å². The number of carbonyl (C=O) groups excluding carboxylic acids is 2. The fourth-order valence-electron chi connectivity index (χ4n) is 3.99. The number of aryl methyl sites for hydroxylation is 1. The summed E-state index contributed by atoms with van der Waals surface area (Å²) < 4.78 is 5.92. The van der Waals surface area contributed by atoms with Crippen molar-refractivity contribution in [3.05, 3.63) is 88.4 Å². The summed E-state index contributed by atoms with van der Waals surface area (Å²) in [6.07, 6.45) is 0. The summed E-state index contributed by atoms with van der Waals surface area (Å²) in [7, 11) is 0. The molecule has 0 bridgehead atoms. The molecule has 0 saturated heterocycles. The summed E-state index contributed by atoms with van der Waals surface area (Å²) in [6, 6.07) is 20.8. The van der Waals surface area contributed by atoms with Crippen LogP contribution in [0.1, 0.15) is 30.5 Å². The number of fused-ring (bicyclic) bond motifs is 1. The standard InChI is InChI=1S/C28H30ClN3O3/c1-19(2)27(33)32(23-11-8-20(3)9-12-23)17-21-10-13-26-22(16-21)18-31(14-15-35-26)28(34)30-25-7-5-4-6-24(25)29/h4-13,16,19H,14-15,17-18H2,1-3H3,(H,30,34). The van der Waals surface area contributed by atoms with Gasteiger partial charge in [-0.3, -0.25) is 4.79 Å². The Kier molecular flexibility index (Phi) is 7.61. The van der Waals surface area contributed by atoms with Gasteiger partial charge in [0.15, 0.2) is 0 Å². The van der Waals surface area contributed by atoms with Crippen LogP contribution in [0.2, 0.25) is 5.02 Å². The molecule has 3 aromatic carbocycles. The van der Waals surface area contributed by atoms with Crippen LogP contribution in [0.15, 0.2) is 66.7 Å². The van der Waals surface area contributed by atoms with Gasteiger partial charge in [-0.05, 0) is 48.9 Å². The predicted octanol–water partition coefficient (Wildman–Crippen LogP) is 6.26. The summed E-state index contributed by atoms with van der Waals surface area (Å²) in [5, 5.41) is 3.37. The van der Waals surface area contributed by atoms with Crippen molar-refractivity contribution < 1.29 is 14.3 Å². The second-order valence-electron chi connectivity index (χ2n) is 9.04. The fourth-order valence-corrected chi connectivity index (χ4v) is 4.17. The molecule has 6 nitrogen and oxygen atoms in total. The van der Waals surface area contributed by atoms with Crippen LogP contribution in [0.5, 0.6) is 5.75 Å². The number of anilines is 2. The van der Waals surface area contributed by atoms with Gasteiger partial charge in [-0.1, -0.05) is 61.3 Å². The van der Waals surface area contributed by atoms with E-state index in [4.69, 9.17) is 16.3 Å². The number of amides is 3. The maximum atomic E-state index is 13.0. The van der Waals surface area contributed by atoms with Gasteiger partial charge < -0.3 is 19.9 Å². The van der Waals surface area contributed by atoms with E-state index < -0.39 is 0 Å². The molecule has 0 spiro atoms. The minimum Gasteiger partial charge on any atom is -0.491 e. The van der Waals surface area contributed by atoms with Crippen LogP contribution in [-0.4, -0.2) is 30.0 Å². The number of hydrogen-bond acceptors (Lipinski definition) is 3. The number of para-hydroxylation sites is 1. The largest absolute Gasteiger partial charge is 0.491 e. The van der Waals surface area contributed by atoms with Gasteiger partial charge in [-0.15, -0.1) is 0 Å². The minimum atomic E-state index is -0.240. The lowest BCUT2D eigenvalue weighted by molar-refractivity contribution is -0.121. The van der Waals surface area contributed by atoms with Gasteiger partial charge in [0.2, 0.25) is 5.91 Å². The van der Waals surface area contributed by atoms with Crippen LogP contribution in [0.3, 0.4) is 0 Å². The van der Waals surface area contributed by atoms with Crippen molar-refractivity contribution in [2.24, 2.45) is 5.92 Å². The molecule has 0 radical (unpaired) electrons. The third-order valence-electron chi connectivity index (χ3n) is 5.95. The topological polar surface area (TPSA) is 61.9 Å². The number of halogens is 1. The monoisotopic (exact) mass is 491 g/mol. The maximum absolute atomic E-state index is 13.0. The first kappa shape index (κ1) is 24.6. The molecular formula is C28H30ClN3O3. The van der Waals surface area contributed by atoms with E-state index in [9.17, 15) is 9.59 Å². The van der Waals surface area contributed by atoms with Gasteiger partial charge in [0, 0.05) is 17.2 Å². The van der Waals surface area contributed by atoms with Gasteiger partial charge >= 0.3 is 6.03 Å². The minimum absolute atomic E-state index is 0.0563. The van der Waals surface area contributed by atoms with Crippen molar-refractivity contribution in [3.63, 3.8) is 0 Å². The molecule has 7 heteroatoms. The van der Waals surface area contributed by atoms with E-state index in [0.29, 0.717) is 37.0 Å². The van der Waals surface area contributed by atoms with Crippen LogP contribution in [0, 0.1) is 12.8 Å². The number of nitrogens with zero attached hydrogens (tertiary/aromatic N) is 2. The lowest BCUT2D eigenvalue weighted by Crippen LogP contribution is -2.36. The molecule has 1 aliphatic rings. The third-order valence-corrected chi connectivity index (χ3v) is 6.28. The number of urea groups is 1. The number of rotatable bonds is 5. The molecule has 3 aromatic rings. The molecule has 0 aromatic heterocycles. The Bertz CT molecular complexity index is 1210. The molecule has 1 aliphatic heterocycles. The Hall–Kier alpha value is -3.51. The van der Waals surface area contributed by atoms with E-state index in [2.05, 4.69) is 5.32 Å². The lowest BCUT2D eigenvalue weighted by atomic mass is 10.1. The Morgan fingerprint density at radius 2 is 1.83 bits per heavy atom. The van der Waals surface area contributed by atoms with Crippen LogP contribution < -0.4 is 15.0 Å². The van der Waals surface area contributed by atoms with Crippen LogP contribution in [0.25, 0.3) is 0 Å². The highest BCUT2D eigenvalue weighted by Gasteiger charge is 2.23. The van der Waals surface area contributed by atoms with E-state index in [1.807, 2.05) is 80.3 Å². The van der Waals surface area contributed by atoms with Gasteiger partial charge in [0.1, 0.15) is 12.4 Å². The van der Waals surface area contributed by atoms with Crippen molar-refractivity contribution in [2.75, 3.05) is 23.4 Å². The molecule has 1 heterocycles. The highest BCUT2D eigenvalue weighted by atomic mass is 35.5. The molecule has 0 saturated carbocycles. The lowest BCUT2D eigenvalue weighted by Gasteiger charge is -2.26. The number of benzene rings is 3. The average Bonchev–Trinajstić information content (AvgIpc) is 3.06. The fraction of sp³-hybridized carbons (Fsp3) is 0.286. The van der Waals surface area contributed by atoms with Gasteiger partial charge in [-0.25, -0.2) is 4.79 Å². The van der Waals surface area contributed by atoms with Gasteiger partial charge in [0.05, 0.1) is 30.3 Å². The molecule has 182 valence electrons. The summed E-state index contributed by atoms with van der Waals surface area (Å²) in [5.41, 5.74) is 4.44. The second-order valence-corrected chi connectivity index (χ2v) is 9.44. The average molecular weight is 492 g/mol.